The molecule has 0 spiro atoms. The van der Waals surface area contributed by atoms with Gasteiger partial charge < -0.3 is 14.8 Å². The van der Waals surface area contributed by atoms with Crippen molar-refractivity contribution in [2.75, 3.05) is 19.5 Å². The van der Waals surface area contributed by atoms with Gasteiger partial charge in [0.2, 0.25) is 0 Å². The maximum Gasteiger partial charge on any atom is 0.165 e. The molecule has 0 bridgehead atoms. The number of carbonyl (C=O) groups excluding carboxylic acids is 1. The van der Waals surface area contributed by atoms with Crippen LogP contribution in [0.5, 0.6) is 11.5 Å². The summed E-state index contributed by atoms with van der Waals surface area (Å²) in [5.41, 5.74) is 3.95. The van der Waals surface area contributed by atoms with Gasteiger partial charge in [0.1, 0.15) is 0 Å². The van der Waals surface area contributed by atoms with E-state index >= 15 is 0 Å². The van der Waals surface area contributed by atoms with Crippen molar-refractivity contribution in [1.29, 1.82) is 0 Å². The van der Waals surface area contributed by atoms with E-state index in [-0.39, 0.29) is 11.8 Å². The van der Waals surface area contributed by atoms with E-state index in [4.69, 9.17) is 9.47 Å². The minimum Gasteiger partial charge on any atom is -0.493 e. The summed E-state index contributed by atoms with van der Waals surface area (Å²) in [5.74, 6) is 1.66. The normalized spacial score (nSPS) is 11.8. The van der Waals surface area contributed by atoms with Gasteiger partial charge in [-0.2, -0.15) is 0 Å². The van der Waals surface area contributed by atoms with Crippen LogP contribution in [0.15, 0.2) is 66.7 Å². The molecule has 0 amide bonds. The second-order valence-corrected chi connectivity index (χ2v) is 8.97. The maximum atomic E-state index is 13.2. The van der Waals surface area contributed by atoms with Crippen LogP contribution in [0.4, 0.5) is 5.69 Å². The number of benzene rings is 3. The number of ether oxygens (including phenoxy) is 2. The number of hydrogen-bond acceptors (Lipinski definition) is 4. The van der Waals surface area contributed by atoms with Gasteiger partial charge in [0.05, 0.1) is 20.3 Å². The van der Waals surface area contributed by atoms with Crippen LogP contribution in [-0.4, -0.2) is 20.0 Å². The van der Waals surface area contributed by atoms with Crippen molar-refractivity contribution < 1.29 is 14.3 Å². The van der Waals surface area contributed by atoms with Crippen LogP contribution in [-0.2, 0) is 0 Å². The predicted molar refractivity (Wildman–Crippen MR) is 135 cm³/mol. The summed E-state index contributed by atoms with van der Waals surface area (Å²) in [6.07, 6.45) is 0.322. The van der Waals surface area contributed by atoms with Gasteiger partial charge in [0.25, 0.3) is 0 Å². The Balaban J connectivity index is 1.88. The second kappa shape index (κ2) is 10.7. The van der Waals surface area contributed by atoms with Crippen molar-refractivity contribution in [3.05, 3.63) is 87.0 Å². The number of halogens is 1. The van der Waals surface area contributed by atoms with Crippen LogP contribution in [0.2, 0.25) is 0 Å². The molecule has 3 aromatic rings. The minimum atomic E-state index is -0.151. The van der Waals surface area contributed by atoms with Crippen molar-refractivity contribution in [2.45, 2.75) is 32.2 Å². The number of hydrogen-bond donors (Lipinski definition) is 1. The molecule has 1 atom stereocenters. The zero-order chi connectivity index (χ0) is 22.4. The zero-order valence-electron chi connectivity index (χ0n) is 18.3. The second-order valence-electron chi connectivity index (χ2n) is 7.72. The summed E-state index contributed by atoms with van der Waals surface area (Å²) in [5, 5.41) is 3.54. The summed E-state index contributed by atoms with van der Waals surface area (Å²) in [7, 11) is 3.16. The highest BCUT2D eigenvalue weighted by Gasteiger charge is 2.19. The zero-order valence-corrected chi connectivity index (χ0v) is 20.5. The predicted octanol–water partition coefficient (Wildman–Crippen LogP) is 6.86. The number of carbonyl (C=O) groups is 1. The molecule has 0 aromatic heterocycles. The topological polar surface area (TPSA) is 47.6 Å². The SMILES string of the molecule is COc1ccc(C(=O)CC(Nc2ccc(I)cc2)c2ccc(C(C)C)cc2)cc1OC. The van der Waals surface area contributed by atoms with Gasteiger partial charge in [-0.1, -0.05) is 38.1 Å². The number of ketones is 1. The Labute approximate surface area is 198 Å². The van der Waals surface area contributed by atoms with Gasteiger partial charge in [-0.05, 0) is 82.1 Å². The average Bonchev–Trinajstić information content (AvgIpc) is 2.79. The fourth-order valence-electron chi connectivity index (χ4n) is 3.43. The van der Waals surface area contributed by atoms with E-state index in [2.05, 4.69) is 78.2 Å². The summed E-state index contributed by atoms with van der Waals surface area (Å²) in [6, 6.07) is 21.8. The highest BCUT2D eigenvalue weighted by atomic mass is 127. The van der Waals surface area contributed by atoms with E-state index in [9.17, 15) is 4.79 Å². The molecule has 3 aromatic carbocycles. The third-order valence-electron chi connectivity index (χ3n) is 5.29. The Morgan fingerprint density at radius 1 is 0.871 bits per heavy atom. The first kappa shape index (κ1) is 23.1. The van der Waals surface area contributed by atoms with Crippen molar-refractivity contribution in [2.24, 2.45) is 0 Å². The molecule has 162 valence electrons. The molecule has 4 nitrogen and oxygen atoms in total. The summed E-state index contributed by atoms with van der Waals surface area (Å²) in [4.78, 5) is 13.2. The van der Waals surface area contributed by atoms with Crippen molar-refractivity contribution in [1.82, 2.24) is 0 Å². The molecule has 0 aliphatic carbocycles. The lowest BCUT2D eigenvalue weighted by Gasteiger charge is -2.21. The molecule has 0 aliphatic heterocycles. The van der Waals surface area contributed by atoms with Crippen LogP contribution in [0.25, 0.3) is 0 Å². The molecule has 3 rings (SSSR count). The van der Waals surface area contributed by atoms with E-state index < -0.39 is 0 Å². The number of methoxy groups -OCH3 is 2. The molecule has 0 saturated heterocycles. The number of rotatable bonds is 9. The summed E-state index contributed by atoms with van der Waals surface area (Å²) >= 11 is 2.29. The largest absolute Gasteiger partial charge is 0.493 e. The smallest absolute Gasteiger partial charge is 0.165 e. The van der Waals surface area contributed by atoms with Crippen LogP contribution in [0.1, 0.15) is 53.7 Å². The minimum absolute atomic E-state index is 0.0388. The fraction of sp³-hybridized carbons (Fsp3) is 0.269. The third-order valence-corrected chi connectivity index (χ3v) is 6.00. The quantitative estimate of drug-likeness (QED) is 0.243. The van der Waals surface area contributed by atoms with Gasteiger partial charge >= 0.3 is 0 Å². The monoisotopic (exact) mass is 529 g/mol. The molecule has 0 radical (unpaired) electrons. The standard InChI is InChI=1S/C26H28INO3/c1-17(2)18-5-7-19(8-6-18)23(28-22-12-10-21(27)11-13-22)16-24(29)20-9-14-25(30-3)26(15-20)31-4/h5-15,17,23,28H,16H2,1-4H3. The van der Waals surface area contributed by atoms with E-state index in [0.29, 0.717) is 29.4 Å². The number of Topliss-reactive ketones (excluding diaryl/α,β-unsaturated/α-hetero) is 1. The number of nitrogens with one attached hydrogen (secondary N) is 1. The molecule has 1 unspecified atom stereocenters. The first-order valence-corrected chi connectivity index (χ1v) is 11.4. The molecule has 0 heterocycles. The number of anilines is 1. The molecule has 0 fully saturated rings. The first-order chi connectivity index (χ1) is 14.9. The molecule has 0 aliphatic rings. The van der Waals surface area contributed by atoms with E-state index in [1.54, 1.807) is 32.4 Å². The van der Waals surface area contributed by atoms with Crippen LogP contribution >= 0.6 is 22.6 Å². The van der Waals surface area contributed by atoms with Gasteiger partial charge in [-0.25, -0.2) is 0 Å². The van der Waals surface area contributed by atoms with Crippen LogP contribution < -0.4 is 14.8 Å². The first-order valence-electron chi connectivity index (χ1n) is 10.3. The fourth-order valence-corrected chi connectivity index (χ4v) is 3.79. The summed E-state index contributed by atoms with van der Waals surface area (Å²) in [6.45, 7) is 4.35. The molecule has 5 heteroatoms. The molecule has 1 N–H and O–H groups in total. The Morgan fingerprint density at radius 2 is 1.48 bits per heavy atom. The van der Waals surface area contributed by atoms with E-state index in [1.807, 2.05) is 12.1 Å². The van der Waals surface area contributed by atoms with E-state index in [1.165, 1.54) is 9.13 Å². The lowest BCUT2D eigenvalue weighted by molar-refractivity contribution is 0.0976. The Hall–Kier alpha value is -2.54. The Morgan fingerprint density at radius 3 is 2.06 bits per heavy atom. The Kier molecular flexibility index (Phi) is 7.96. The van der Waals surface area contributed by atoms with Gasteiger partial charge in [-0.15, -0.1) is 0 Å². The van der Waals surface area contributed by atoms with Crippen LogP contribution in [0.3, 0.4) is 0 Å². The molecular formula is C26H28INO3. The lowest BCUT2D eigenvalue weighted by Crippen LogP contribution is -2.16. The third kappa shape index (κ3) is 6.00. The molecule has 0 saturated carbocycles. The van der Waals surface area contributed by atoms with Gasteiger partial charge in [-0.3, -0.25) is 4.79 Å². The highest BCUT2D eigenvalue weighted by Crippen LogP contribution is 2.30. The van der Waals surface area contributed by atoms with Crippen molar-refractivity contribution >= 4 is 34.1 Å². The van der Waals surface area contributed by atoms with Crippen LogP contribution in [0, 0.1) is 3.57 Å². The molecular weight excluding hydrogens is 501 g/mol. The van der Waals surface area contributed by atoms with Gasteiger partial charge in [0, 0.05) is 21.2 Å². The van der Waals surface area contributed by atoms with E-state index in [0.717, 1.165) is 11.3 Å². The lowest BCUT2D eigenvalue weighted by atomic mass is 9.94. The average molecular weight is 529 g/mol. The summed E-state index contributed by atoms with van der Waals surface area (Å²) < 4.78 is 11.8. The van der Waals surface area contributed by atoms with Crippen molar-refractivity contribution in [3.8, 4) is 11.5 Å². The Bertz CT molecular complexity index is 1010. The maximum absolute atomic E-state index is 13.2. The molecule has 31 heavy (non-hydrogen) atoms. The van der Waals surface area contributed by atoms with Crippen molar-refractivity contribution in [3.63, 3.8) is 0 Å². The van der Waals surface area contributed by atoms with Gasteiger partial charge in [0.15, 0.2) is 17.3 Å². The highest BCUT2D eigenvalue weighted by molar-refractivity contribution is 14.1.